The number of aryl methyl sites for hydroxylation is 1. The zero-order chi connectivity index (χ0) is 15.4. The molecule has 2 aromatic carbocycles. The molecule has 0 aliphatic rings. The van der Waals surface area contributed by atoms with Crippen LogP contribution < -0.4 is 9.47 Å². The fourth-order valence-corrected chi connectivity index (χ4v) is 2.53. The summed E-state index contributed by atoms with van der Waals surface area (Å²) in [5.41, 5.74) is 2.45. The van der Waals surface area contributed by atoms with Crippen molar-refractivity contribution in [3.05, 3.63) is 60.3 Å². The molecule has 0 saturated carbocycles. The standard InChI is InChI=1S/C19H21NO2/c1-3-21-18-8-9-19-16(14-18)10-11-20(19)12-13-22-17-6-4-15(2)5-7-17/h4-11,14H,3,12-13H2,1-2H3. The Hall–Kier alpha value is -2.42. The average Bonchev–Trinajstić information content (AvgIpc) is 2.92. The highest BCUT2D eigenvalue weighted by molar-refractivity contribution is 5.81. The van der Waals surface area contributed by atoms with Gasteiger partial charge >= 0.3 is 0 Å². The lowest BCUT2D eigenvalue weighted by molar-refractivity contribution is 0.300. The second-order valence-corrected chi connectivity index (χ2v) is 5.32. The lowest BCUT2D eigenvalue weighted by atomic mass is 10.2. The molecule has 114 valence electrons. The molecule has 1 heterocycles. The molecule has 3 aromatic rings. The predicted molar refractivity (Wildman–Crippen MR) is 89.8 cm³/mol. The van der Waals surface area contributed by atoms with Crippen molar-refractivity contribution in [1.82, 2.24) is 4.57 Å². The summed E-state index contributed by atoms with van der Waals surface area (Å²) in [5.74, 6) is 1.84. The van der Waals surface area contributed by atoms with Gasteiger partial charge in [0, 0.05) is 17.1 Å². The van der Waals surface area contributed by atoms with Gasteiger partial charge in [-0.25, -0.2) is 0 Å². The summed E-state index contributed by atoms with van der Waals surface area (Å²) in [4.78, 5) is 0. The first-order valence-electron chi connectivity index (χ1n) is 7.67. The van der Waals surface area contributed by atoms with Crippen LogP contribution >= 0.6 is 0 Å². The molecule has 3 heteroatoms. The zero-order valence-corrected chi connectivity index (χ0v) is 13.1. The van der Waals surface area contributed by atoms with E-state index in [1.54, 1.807) is 0 Å². The number of aromatic nitrogens is 1. The van der Waals surface area contributed by atoms with Crippen LogP contribution in [-0.4, -0.2) is 17.8 Å². The summed E-state index contributed by atoms with van der Waals surface area (Å²) in [5, 5.41) is 1.20. The largest absolute Gasteiger partial charge is 0.494 e. The van der Waals surface area contributed by atoms with Gasteiger partial charge in [-0.3, -0.25) is 0 Å². The van der Waals surface area contributed by atoms with Gasteiger partial charge in [0.2, 0.25) is 0 Å². The van der Waals surface area contributed by atoms with Crippen molar-refractivity contribution < 1.29 is 9.47 Å². The summed E-state index contributed by atoms with van der Waals surface area (Å²) >= 11 is 0. The lowest BCUT2D eigenvalue weighted by Gasteiger charge is -2.09. The maximum Gasteiger partial charge on any atom is 0.120 e. The molecule has 0 radical (unpaired) electrons. The first-order chi connectivity index (χ1) is 10.8. The third kappa shape index (κ3) is 3.25. The molecule has 3 nitrogen and oxygen atoms in total. The van der Waals surface area contributed by atoms with Crippen LogP contribution in [0.5, 0.6) is 11.5 Å². The fraction of sp³-hybridized carbons (Fsp3) is 0.263. The molecule has 0 saturated heterocycles. The zero-order valence-electron chi connectivity index (χ0n) is 13.1. The molecule has 0 fully saturated rings. The van der Waals surface area contributed by atoms with E-state index >= 15 is 0 Å². The number of hydrogen-bond donors (Lipinski definition) is 0. The number of hydrogen-bond acceptors (Lipinski definition) is 2. The highest BCUT2D eigenvalue weighted by Crippen LogP contribution is 2.22. The van der Waals surface area contributed by atoms with E-state index in [4.69, 9.17) is 9.47 Å². The van der Waals surface area contributed by atoms with E-state index in [0.717, 1.165) is 18.0 Å². The summed E-state index contributed by atoms with van der Waals surface area (Å²) in [6.07, 6.45) is 2.10. The van der Waals surface area contributed by atoms with Crippen LogP contribution in [0, 0.1) is 6.92 Å². The first-order valence-corrected chi connectivity index (χ1v) is 7.67. The Morgan fingerprint density at radius 3 is 2.45 bits per heavy atom. The molecular weight excluding hydrogens is 274 g/mol. The molecule has 0 aliphatic heterocycles. The molecular formula is C19H21NO2. The molecule has 22 heavy (non-hydrogen) atoms. The second-order valence-electron chi connectivity index (χ2n) is 5.32. The first kappa shape index (κ1) is 14.5. The number of nitrogens with zero attached hydrogens (tertiary/aromatic N) is 1. The topological polar surface area (TPSA) is 23.4 Å². The SMILES string of the molecule is CCOc1ccc2c(ccn2CCOc2ccc(C)cc2)c1. The van der Waals surface area contributed by atoms with E-state index in [2.05, 4.69) is 48.0 Å². The quantitative estimate of drug-likeness (QED) is 0.671. The van der Waals surface area contributed by atoms with Gasteiger partial charge in [0.05, 0.1) is 13.2 Å². The molecule has 0 amide bonds. The average molecular weight is 295 g/mol. The molecule has 0 N–H and O–H groups in total. The summed E-state index contributed by atoms with van der Waals surface area (Å²) in [7, 11) is 0. The van der Waals surface area contributed by atoms with Gasteiger partial charge in [-0.15, -0.1) is 0 Å². The molecule has 0 unspecified atom stereocenters. The summed E-state index contributed by atoms with van der Waals surface area (Å²) < 4.78 is 13.5. The van der Waals surface area contributed by atoms with Crippen LogP contribution in [0.15, 0.2) is 54.7 Å². The van der Waals surface area contributed by atoms with Gasteiger partial charge < -0.3 is 14.0 Å². The van der Waals surface area contributed by atoms with Crippen LogP contribution in [0.1, 0.15) is 12.5 Å². The van der Waals surface area contributed by atoms with Crippen molar-refractivity contribution in [2.75, 3.05) is 13.2 Å². The minimum Gasteiger partial charge on any atom is -0.494 e. The highest BCUT2D eigenvalue weighted by Gasteiger charge is 2.03. The predicted octanol–water partition coefficient (Wildman–Crippen LogP) is 4.43. The molecule has 0 aliphatic carbocycles. The van der Waals surface area contributed by atoms with Crippen molar-refractivity contribution in [3.8, 4) is 11.5 Å². The van der Waals surface area contributed by atoms with Crippen molar-refractivity contribution in [2.24, 2.45) is 0 Å². The van der Waals surface area contributed by atoms with E-state index in [-0.39, 0.29) is 0 Å². The third-order valence-electron chi connectivity index (χ3n) is 3.68. The number of fused-ring (bicyclic) bond motifs is 1. The third-order valence-corrected chi connectivity index (χ3v) is 3.68. The highest BCUT2D eigenvalue weighted by atomic mass is 16.5. The van der Waals surface area contributed by atoms with Crippen LogP contribution in [0.3, 0.4) is 0 Å². The second kappa shape index (κ2) is 6.56. The summed E-state index contributed by atoms with van der Waals surface area (Å²) in [6.45, 7) is 6.24. The molecule has 1 aromatic heterocycles. The Kier molecular flexibility index (Phi) is 4.33. The monoisotopic (exact) mass is 295 g/mol. The van der Waals surface area contributed by atoms with Gasteiger partial charge in [0.1, 0.15) is 18.1 Å². The maximum atomic E-state index is 5.80. The Bertz CT molecular complexity index is 744. The number of benzene rings is 2. The maximum absolute atomic E-state index is 5.80. The normalized spacial score (nSPS) is 10.8. The van der Waals surface area contributed by atoms with Crippen LogP contribution in [0.4, 0.5) is 0 Å². The van der Waals surface area contributed by atoms with E-state index in [1.165, 1.54) is 16.5 Å². The smallest absolute Gasteiger partial charge is 0.120 e. The van der Waals surface area contributed by atoms with Gasteiger partial charge in [-0.05, 0) is 50.2 Å². The van der Waals surface area contributed by atoms with Gasteiger partial charge in [0.15, 0.2) is 0 Å². The van der Waals surface area contributed by atoms with Crippen molar-refractivity contribution in [3.63, 3.8) is 0 Å². The lowest BCUT2D eigenvalue weighted by Crippen LogP contribution is -2.07. The molecule has 0 atom stereocenters. The molecule has 0 bridgehead atoms. The fourth-order valence-electron chi connectivity index (χ4n) is 2.53. The number of rotatable bonds is 6. The van der Waals surface area contributed by atoms with Crippen LogP contribution in [0.25, 0.3) is 10.9 Å². The van der Waals surface area contributed by atoms with Crippen LogP contribution in [0.2, 0.25) is 0 Å². The Morgan fingerprint density at radius 2 is 1.68 bits per heavy atom. The Morgan fingerprint density at radius 1 is 0.909 bits per heavy atom. The minimum absolute atomic E-state index is 0.653. The minimum atomic E-state index is 0.653. The van der Waals surface area contributed by atoms with Crippen molar-refractivity contribution >= 4 is 10.9 Å². The molecule has 0 spiro atoms. The van der Waals surface area contributed by atoms with Crippen LogP contribution in [-0.2, 0) is 6.54 Å². The Labute approximate surface area is 131 Å². The van der Waals surface area contributed by atoms with Gasteiger partial charge in [0.25, 0.3) is 0 Å². The van der Waals surface area contributed by atoms with Crippen molar-refractivity contribution in [1.29, 1.82) is 0 Å². The van der Waals surface area contributed by atoms with E-state index < -0.39 is 0 Å². The van der Waals surface area contributed by atoms with Gasteiger partial charge in [-0.1, -0.05) is 17.7 Å². The molecule has 3 rings (SSSR count). The van der Waals surface area contributed by atoms with Crippen molar-refractivity contribution in [2.45, 2.75) is 20.4 Å². The van der Waals surface area contributed by atoms with E-state index in [1.807, 2.05) is 25.1 Å². The van der Waals surface area contributed by atoms with E-state index in [0.29, 0.717) is 13.2 Å². The van der Waals surface area contributed by atoms with E-state index in [9.17, 15) is 0 Å². The Balaban J connectivity index is 1.65. The number of ether oxygens (including phenoxy) is 2. The van der Waals surface area contributed by atoms with Gasteiger partial charge in [-0.2, -0.15) is 0 Å². The summed E-state index contributed by atoms with van der Waals surface area (Å²) in [6, 6.07) is 16.5.